The van der Waals surface area contributed by atoms with E-state index in [-0.39, 0.29) is 6.04 Å². The van der Waals surface area contributed by atoms with Gasteiger partial charge in [0.25, 0.3) is 5.89 Å². The van der Waals surface area contributed by atoms with Crippen molar-refractivity contribution in [2.24, 2.45) is 0 Å². The van der Waals surface area contributed by atoms with E-state index in [1.54, 1.807) is 22.7 Å². The molecule has 114 valence electrons. The molecule has 4 rings (SSSR count). The molecular weight excluding hydrogens is 314 g/mol. The second-order valence-electron chi connectivity index (χ2n) is 5.62. The molecule has 1 aliphatic rings. The molecule has 0 aliphatic carbocycles. The summed E-state index contributed by atoms with van der Waals surface area (Å²) in [5.74, 6) is 1.41. The minimum atomic E-state index is 0.252. The van der Waals surface area contributed by atoms with E-state index in [0.717, 1.165) is 30.3 Å². The predicted octanol–water partition coefficient (Wildman–Crippen LogP) is 4.51. The zero-order valence-corrected chi connectivity index (χ0v) is 14.0. The number of nitrogens with zero attached hydrogens (tertiary/aromatic N) is 3. The van der Waals surface area contributed by atoms with E-state index in [1.807, 2.05) is 0 Å². The Balaban J connectivity index is 1.54. The number of aromatic nitrogens is 2. The SMILES string of the molecule is Cc1ccc(-c2nnc(C3CCCN3Cc3ccsc3)o2)s1. The van der Waals surface area contributed by atoms with Gasteiger partial charge in [-0.1, -0.05) is 0 Å². The summed E-state index contributed by atoms with van der Waals surface area (Å²) < 4.78 is 5.97. The van der Waals surface area contributed by atoms with E-state index in [2.05, 4.69) is 51.0 Å². The predicted molar refractivity (Wildman–Crippen MR) is 89.1 cm³/mol. The summed E-state index contributed by atoms with van der Waals surface area (Å²) in [5, 5.41) is 12.9. The van der Waals surface area contributed by atoms with Gasteiger partial charge in [0.15, 0.2) is 0 Å². The molecule has 4 nitrogen and oxygen atoms in total. The quantitative estimate of drug-likeness (QED) is 0.705. The topological polar surface area (TPSA) is 42.2 Å². The van der Waals surface area contributed by atoms with Crippen molar-refractivity contribution in [3.05, 3.63) is 45.3 Å². The van der Waals surface area contributed by atoms with Crippen LogP contribution in [0.2, 0.25) is 0 Å². The summed E-state index contributed by atoms with van der Waals surface area (Å²) in [6.45, 7) is 4.14. The van der Waals surface area contributed by atoms with Crippen LogP contribution in [-0.2, 0) is 6.54 Å². The molecule has 0 amide bonds. The molecule has 3 aromatic heterocycles. The van der Waals surface area contributed by atoms with Crippen LogP contribution in [0.1, 0.15) is 35.2 Å². The normalized spacial score (nSPS) is 19.0. The minimum Gasteiger partial charge on any atom is -0.418 e. The Hall–Kier alpha value is -1.50. The van der Waals surface area contributed by atoms with Gasteiger partial charge in [0.05, 0.1) is 10.9 Å². The van der Waals surface area contributed by atoms with E-state index in [4.69, 9.17) is 4.42 Å². The molecule has 3 aromatic rings. The third kappa shape index (κ3) is 2.74. The van der Waals surface area contributed by atoms with Gasteiger partial charge in [-0.2, -0.15) is 11.3 Å². The fraction of sp³-hybridized carbons (Fsp3) is 0.375. The summed E-state index contributed by atoms with van der Waals surface area (Å²) in [4.78, 5) is 4.76. The monoisotopic (exact) mass is 331 g/mol. The van der Waals surface area contributed by atoms with Crippen LogP contribution in [0.4, 0.5) is 0 Å². The fourth-order valence-electron chi connectivity index (χ4n) is 2.93. The Morgan fingerprint density at radius 3 is 3.05 bits per heavy atom. The van der Waals surface area contributed by atoms with Crippen LogP contribution in [0.15, 0.2) is 33.4 Å². The van der Waals surface area contributed by atoms with E-state index < -0.39 is 0 Å². The maximum absolute atomic E-state index is 5.97. The van der Waals surface area contributed by atoms with Crippen LogP contribution in [0.25, 0.3) is 10.8 Å². The van der Waals surface area contributed by atoms with E-state index in [9.17, 15) is 0 Å². The van der Waals surface area contributed by atoms with Crippen molar-refractivity contribution in [3.8, 4) is 10.8 Å². The molecule has 6 heteroatoms. The third-order valence-corrected chi connectivity index (χ3v) is 5.73. The highest BCUT2D eigenvalue weighted by Crippen LogP contribution is 2.35. The van der Waals surface area contributed by atoms with Gasteiger partial charge in [-0.15, -0.1) is 21.5 Å². The zero-order chi connectivity index (χ0) is 14.9. The molecule has 1 aliphatic heterocycles. The maximum Gasteiger partial charge on any atom is 0.257 e. The summed E-state index contributed by atoms with van der Waals surface area (Å²) in [6, 6.07) is 6.58. The van der Waals surface area contributed by atoms with Gasteiger partial charge in [-0.05, 0) is 60.8 Å². The van der Waals surface area contributed by atoms with Gasteiger partial charge in [-0.3, -0.25) is 4.90 Å². The summed E-state index contributed by atoms with van der Waals surface area (Å²) in [5.41, 5.74) is 1.37. The number of aryl methyl sites for hydroxylation is 1. The van der Waals surface area contributed by atoms with Gasteiger partial charge >= 0.3 is 0 Å². The lowest BCUT2D eigenvalue weighted by Crippen LogP contribution is -2.22. The fourth-order valence-corrected chi connectivity index (χ4v) is 4.38. The van der Waals surface area contributed by atoms with Crippen molar-refractivity contribution in [2.45, 2.75) is 32.4 Å². The van der Waals surface area contributed by atoms with Gasteiger partial charge in [0.2, 0.25) is 5.89 Å². The molecule has 1 fully saturated rings. The average molecular weight is 331 g/mol. The van der Waals surface area contributed by atoms with Crippen molar-refractivity contribution in [1.82, 2.24) is 15.1 Å². The van der Waals surface area contributed by atoms with Crippen molar-refractivity contribution in [2.75, 3.05) is 6.54 Å². The molecule has 22 heavy (non-hydrogen) atoms. The van der Waals surface area contributed by atoms with Crippen LogP contribution in [0.5, 0.6) is 0 Å². The van der Waals surface area contributed by atoms with Crippen LogP contribution >= 0.6 is 22.7 Å². The van der Waals surface area contributed by atoms with Crippen molar-refractivity contribution < 1.29 is 4.42 Å². The molecule has 0 bridgehead atoms. The second-order valence-corrected chi connectivity index (χ2v) is 7.68. The van der Waals surface area contributed by atoms with Crippen LogP contribution in [0, 0.1) is 6.92 Å². The molecule has 0 N–H and O–H groups in total. The number of hydrogen-bond acceptors (Lipinski definition) is 6. The first-order chi connectivity index (χ1) is 10.8. The third-order valence-electron chi connectivity index (χ3n) is 4.01. The Morgan fingerprint density at radius 2 is 2.27 bits per heavy atom. The lowest BCUT2D eigenvalue weighted by molar-refractivity contribution is 0.216. The number of hydrogen-bond donors (Lipinski definition) is 0. The molecule has 0 aromatic carbocycles. The molecule has 0 spiro atoms. The highest BCUT2D eigenvalue weighted by Gasteiger charge is 2.30. The lowest BCUT2D eigenvalue weighted by Gasteiger charge is -2.20. The van der Waals surface area contributed by atoms with Crippen molar-refractivity contribution in [3.63, 3.8) is 0 Å². The van der Waals surface area contributed by atoms with Crippen LogP contribution in [-0.4, -0.2) is 21.6 Å². The highest BCUT2D eigenvalue weighted by atomic mass is 32.1. The summed E-state index contributed by atoms with van der Waals surface area (Å²) in [7, 11) is 0. The first-order valence-electron chi connectivity index (χ1n) is 7.45. The molecule has 1 saturated heterocycles. The molecule has 4 heterocycles. The molecular formula is C16H17N3OS2. The maximum atomic E-state index is 5.97. The second kappa shape index (κ2) is 5.95. The lowest BCUT2D eigenvalue weighted by atomic mass is 10.2. The Labute approximate surface area is 137 Å². The minimum absolute atomic E-state index is 0.252. The highest BCUT2D eigenvalue weighted by molar-refractivity contribution is 7.15. The van der Waals surface area contributed by atoms with Gasteiger partial charge < -0.3 is 4.42 Å². The van der Waals surface area contributed by atoms with E-state index >= 15 is 0 Å². The van der Waals surface area contributed by atoms with E-state index in [0.29, 0.717) is 5.89 Å². The Morgan fingerprint density at radius 1 is 1.32 bits per heavy atom. The molecule has 1 atom stereocenters. The van der Waals surface area contributed by atoms with Gasteiger partial charge in [0, 0.05) is 11.4 Å². The van der Waals surface area contributed by atoms with Gasteiger partial charge in [-0.25, -0.2) is 0 Å². The first-order valence-corrected chi connectivity index (χ1v) is 9.21. The molecule has 0 radical (unpaired) electrons. The largest absolute Gasteiger partial charge is 0.418 e. The average Bonchev–Trinajstić information content (AvgIpc) is 3.25. The van der Waals surface area contributed by atoms with Crippen molar-refractivity contribution >= 4 is 22.7 Å². The van der Waals surface area contributed by atoms with Crippen molar-refractivity contribution in [1.29, 1.82) is 0 Å². The summed E-state index contributed by atoms with van der Waals surface area (Å²) in [6.07, 6.45) is 2.28. The smallest absolute Gasteiger partial charge is 0.257 e. The zero-order valence-electron chi connectivity index (χ0n) is 12.4. The number of rotatable bonds is 4. The van der Waals surface area contributed by atoms with Crippen LogP contribution in [0.3, 0.4) is 0 Å². The number of likely N-dealkylation sites (tertiary alicyclic amines) is 1. The van der Waals surface area contributed by atoms with E-state index in [1.165, 1.54) is 16.9 Å². The Kier molecular flexibility index (Phi) is 3.82. The molecule has 0 saturated carbocycles. The van der Waals surface area contributed by atoms with Crippen LogP contribution < -0.4 is 0 Å². The first kappa shape index (κ1) is 14.1. The standard InChI is InChI=1S/C16H17N3OS2/c1-11-4-5-14(22-11)16-18-17-15(20-16)13-3-2-7-19(13)9-12-6-8-21-10-12/h4-6,8,10,13H,2-3,7,9H2,1H3. The molecule has 1 unspecified atom stereocenters. The number of thiophene rings is 2. The summed E-state index contributed by atoms with van der Waals surface area (Å²) >= 11 is 3.44. The Bertz CT molecular complexity index is 747. The van der Waals surface area contributed by atoms with Gasteiger partial charge in [0.1, 0.15) is 0 Å².